The van der Waals surface area contributed by atoms with Gasteiger partial charge < -0.3 is 9.67 Å². The van der Waals surface area contributed by atoms with E-state index in [9.17, 15) is 19.5 Å². The summed E-state index contributed by atoms with van der Waals surface area (Å²) in [5.74, 6) is -0.432. The monoisotopic (exact) mass is 370 g/mol. The van der Waals surface area contributed by atoms with E-state index in [2.05, 4.69) is 15.5 Å². The molecule has 140 valence electrons. The van der Waals surface area contributed by atoms with Gasteiger partial charge in [0.1, 0.15) is 12.3 Å². The van der Waals surface area contributed by atoms with Crippen LogP contribution >= 0.6 is 0 Å². The summed E-state index contributed by atoms with van der Waals surface area (Å²) in [6, 6.07) is 6.62. The molecule has 0 aliphatic rings. The van der Waals surface area contributed by atoms with E-state index in [4.69, 9.17) is 0 Å². The lowest BCUT2D eigenvalue weighted by Gasteiger charge is -2.07. The maximum atomic E-state index is 12.4. The van der Waals surface area contributed by atoms with Crippen molar-refractivity contribution in [2.45, 2.75) is 13.5 Å². The minimum Gasteiger partial charge on any atom is -0.507 e. The van der Waals surface area contributed by atoms with Gasteiger partial charge in [-0.3, -0.25) is 18.7 Å². The number of aromatic hydroxyl groups is 1. The Hall–Kier alpha value is -3.69. The maximum absolute atomic E-state index is 12.4. The van der Waals surface area contributed by atoms with Crippen LogP contribution in [-0.4, -0.2) is 35.4 Å². The number of benzene rings is 1. The predicted octanol–water partition coefficient (Wildman–Crippen LogP) is -0.320. The predicted molar refractivity (Wildman–Crippen MR) is 98.7 cm³/mol. The van der Waals surface area contributed by atoms with Crippen LogP contribution in [0.2, 0.25) is 0 Å². The maximum Gasteiger partial charge on any atom is 0.332 e. The van der Waals surface area contributed by atoms with E-state index >= 15 is 0 Å². The number of nitrogens with zero attached hydrogens (tertiary/aromatic N) is 5. The molecule has 3 rings (SSSR count). The summed E-state index contributed by atoms with van der Waals surface area (Å²) in [4.78, 5) is 40.6. The second kappa shape index (κ2) is 6.90. The summed E-state index contributed by atoms with van der Waals surface area (Å²) in [6.07, 6.45) is 1.32. The molecule has 0 atom stereocenters. The van der Waals surface area contributed by atoms with Crippen LogP contribution in [0.4, 0.5) is 0 Å². The molecule has 0 fully saturated rings. The molecular formula is C17H18N6O4. The Labute approximate surface area is 153 Å². The fourth-order valence-electron chi connectivity index (χ4n) is 2.69. The normalized spacial score (nSPS) is 11.7. The van der Waals surface area contributed by atoms with Crippen molar-refractivity contribution in [2.75, 3.05) is 0 Å². The van der Waals surface area contributed by atoms with Crippen molar-refractivity contribution in [1.82, 2.24) is 24.1 Å². The summed E-state index contributed by atoms with van der Waals surface area (Å²) in [6.45, 7) is 1.44. The molecule has 1 amide bonds. The van der Waals surface area contributed by atoms with E-state index in [1.54, 1.807) is 25.1 Å². The van der Waals surface area contributed by atoms with Gasteiger partial charge in [-0.1, -0.05) is 12.1 Å². The van der Waals surface area contributed by atoms with Gasteiger partial charge in [-0.15, -0.1) is 0 Å². The first-order valence-corrected chi connectivity index (χ1v) is 8.03. The Morgan fingerprint density at radius 1 is 1.22 bits per heavy atom. The van der Waals surface area contributed by atoms with Gasteiger partial charge in [0.2, 0.25) is 0 Å². The minimum absolute atomic E-state index is 0.0537. The Morgan fingerprint density at radius 3 is 2.63 bits per heavy atom. The average molecular weight is 370 g/mol. The lowest BCUT2D eigenvalue weighted by molar-refractivity contribution is -0.121. The number of aryl methyl sites for hydroxylation is 1. The van der Waals surface area contributed by atoms with Gasteiger partial charge in [-0.25, -0.2) is 15.2 Å². The van der Waals surface area contributed by atoms with Crippen LogP contribution in [0.1, 0.15) is 12.5 Å². The number of para-hydroxylation sites is 1. The number of carbonyl (C=O) groups is 1. The molecule has 2 aromatic heterocycles. The summed E-state index contributed by atoms with van der Waals surface area (Å²) in [7, 11) is 2.86. The van der Waals surface area contributed by atoms with Gasteiger partial charge >= 0.3 is 5.69 Å². The first-order valence-electron chi connectivity index (χ1n) is 8.03. The first-order chi connectivity index (χ1) is 12.8. The van der Waals surface area contributed by atoms with Gasteiger partial charge in [-0.2, -0.15) is 5.10 Å². The second-order valence-corrected chi connectivity index (χ2v) is 6.00. The van der Waals surface area contributed by atoms with E-state index in [0.717, 1.165) is 4.57 Å². The zero-order chi connectivity index (χ0) is 19.7. The Morgan fingerprint density at radius 2 is 1.93 bits per heavy atom. The standard InChI is InChI=1S/C17H18N6O4/c1-10(11-6-4-5-7-12(11)24)19-20-13(25)8-23-9-18-15-14(23)16(26)22(3)17(27)21(15)2/h4-7,9,24H,8H2,1-3H3,(H,20,25)/b19-10-. The number of hydrazone groups is 1. The molecule has 2 N–H and O–H groups in total. The second-order valence-electron chi connectivity index (χ2n) is 6.00. The SMILES string of the molecule is C/C(=N/NC(=O)Cn1cnc2c1c(=O)n(C)c(=O)n2C)c1ccccc1O. The molecule has 0 saturated heterocycles. The summed E-state index contributed by atoms with van der Waals surface area (Å²) < 4.78 is 3.56. The first kappa shape index (κ1) is 18.1. The topological polar surface area (TPSA) is 124 Å². The lowest BCUT2D eigenvalue weighted by Crippen LogP contribution is -2.38. The number of hydrogen-bond acceptors (Lipinski definition) is 6. The number of imidazole rings is 1. The van der Waals surface area contributed by atoms with E-state index in [1.165, 1.54) is 35.6 Å². The Balaban J connectivity index is 1.85. The summed E-state index contributed by atoms with van der Waals surface area (Å²) >= 11 is 0. The molecule has 0 radical (unpaired) electrons. The van der Waals surface area contributed by atoms with Gasteiger partial charge in [-0.05, 0) is 19.1 Å². The van der Waals surface area contributed by atoms with Crippen molar-refractivity contribution in [3.8, 4) is 5.75 Å². The van der Waals surface area contributed by atoms with Crippen molar-refractivity contribution >= 4 is 22.8 Å². The highest BCUT2D eigenvalue weighted by Gasteiger charge is 2.16. The van der Waals surface area contributed by atoms with Crippen LogP contribution in [0.3, 0.4) is 0 Å². The molecule has 2 heterocycles. The molecule has 1 aromatic carbocycles. The number of phenolic OH excluding ortho intramolecular Hbond substituents is 1. The highest BCUT2D eigenvalue weighted by molar-refractivity contribution is 6.01. The van der Waals surface area contributed by atoms with Crippen molar-refractivity contribution < 1.29 is 9.90 Å². The molecule has 0 aliphatic heterocycles. The van der Waals surface area contributed by atoms with Gasteiger partial charge in [0.25, 0.3) is 11.5 Å². The van der Waals surface area contributed by atoms with Crippen molar-refractivity contribution in [1.29, 1.82) is 0 Å². The minimum atomic E-state index is -0.535. The zero-order valence-electron chi connectivity index (χ0n) is 15.0. The molecule has 10 heteroatoms. The number of fused-ring (bicyclic) bond motifs is 1. The van der Waals surface area contributed by atoms with Crippen molar-refractivity contribution in [2.24, 2.45) is 19.2 Å². The number of rotatable bonds is 4. The van der Waals surface area contributed by atoms with Gasteiger partial charge in [0.05, 0.1) is 12.0 Å². The van der Waals surface area contributed by atoms with E-state index < -0.39 is 17.2 Å². The molecule has 0 spiro atoms. The zero-order valence-corrected chi connectivity index (χ0v) is 15.0. The van der Waals surface area contributed by atoms with Gasteiger partial charge in [0.15, 0.2) is 11.2 Å². The van der Waals surface area contributed by atoms with Crippen molar-refractivity contribution in [3.63, 3.8) is 0 Å². The molecule has 10 nitrogen and oxygen atoms in total. The number of hydrogen-bond donors (Lipinski definition) is 2. The number of amides is 1. The fraction of sp³-hybridized carbons (Fsp3) is 0.235. The summed E-state index contributed by atoms with van der Waals surface area (Å²) in [5, 5.41) is 13.8. The summed E-state index contributed by atoms with van der Waals surface area (Å²) in [5.41, 5.74) is 2.62. The third kappa shape index (κ3) is 3.24. The molecular weight excluding hydrogens is 352 g/mol. The largest absolute Gasteiger partial charge is 0.507 e. The van der Waals surface area contributed by atoms with E-state index in [-0.39, 0.29) is 23.5 Å². The van der Waals surface area contributed by atoms with Crippen LogP contribution < -0.4 is 16.7 Å². The molecule has 3 aromatic rings. The number of carbonyl (C=O) groups excluding carboxylic acids is 1. The van der Waals surface area contributed by atoms with Crippen LogP contribution in [0.5, 0.6) is 5.75 Å². The van der Waals surface area contributed by atoms with E-state index in [1.807, 2.05) is 0 Å². The number of phenols is 1. The molecule has 27 heavy (non-hydrogen) atoms. The van der Waals surface area contributed by atoms with Crippen LogP contribution in [0.15, 0.2) is 45.3 Å². The van der Waals surface area contributed by atoms with Crippen molar-refractivity contribution in [3.05, 3.63) is 57.0 Å². The number of aromatic nitrogens is 4. The van der Waals surface area contributed by atoms with Crippen LogP contribution in [-0.2, 0) is 25.4 Å². The highest BCUT2D eigenvalue weighted by atomic mass is 16.3. The van der Waals surface area contributed by atoms with Crippen LogP contribution in [0.25, 0.3) is 11.2 Å². The smallest absolute Gasteiger partial charge is 0.332 e. The third-order valence-electron chi connectivity index (χ3n) is 4.17. The quantitative estimate of drug-likeness (QED) is 0.481. The van der Waals surface area contributed by atoms with Gasteiger partial charge in [0, 0.05) is 19.7 Å². The molecule has 0 unspecified atom stereocenters. The van der Waals surface area contributed by atoms with Crippen LogP contribution in [0, 0.1) is 0 Å². The molecule has 0 aliphatic carbocycles. The Kier molecular flexibility index (Phi) is 4.63. The Bertz CT molecular complexity index is 1180. The molecule has 0 saturated carbocycles. The number of nitrogens with one attached hydrogen (secondary N) is 1. The average Bonchev–Trinajstić information content (AvgIpc) is 3.06. The molecule has 0 bridgehead atoms. The lowest BCUT2D eigenvalue weighted by atomic mass is 10.1. The third-order valence-corrected chi connectivity index (χ3v) is 4.17. The fourth-order valence-corrected chi connectivity index (χ4v) is 2.69. The highest BCUT2D eigenvalue weighted by Crippen LogP contribution is 2.16. The van der Waals surface area contributed by atoms with E-state index in [0.29, 0.717) is 11.3 Å².